The molecule has 144 valence electrons. The molecule has 28 heavy (non-hydrogen) atoms. The highest BCUT2D eigenvalue weighted by Crippen LogP contribution is 2.22. The van der Waals surface area contributed by atoms with E-state index in [9.17, 15) is 4.39 Å². The molecule has 0 fully saturated rings. The van der Waals surface area contributed by atoms with Gasteiger partial charge in [-0.05, 0) is 25.5 Å². The Morgan fingerprint density at radius 1 is 1.14 bits per heavy atom. The van der Waals surface area contributed by atoms with Crippen molar-refractivity contribution in [2.45, 2.75) is 33.2 Å². The number of hydrogen-bond donors (Lipinski definition) is 0. The van der Waals surface area contributed by atoms with E-state index >= 15 is 0 Å². The number of ether oxygens (including phenoxy) is 1. The van der Waals surface area contributed by atoms with Gasteiger partial charge in [0.15, 0.2) is 17.3 Å². The van der Waals surface area contributed by atoms with Crippen molar-refractivity contribution in [1.82, 2.24) is 34.1 Å². The lowest BCUT2D eigenvalue weighted by Crippen LogP contribution is -2.10. The van der Waals surface area contributed by atoms with E-state index < -0.39 is 5.82 Å². The molecule has 0 aromatic carbocycles. The van der Waals surface area contributed by atoms with Crippen molar-refractivity contribution in [1.29, 1.82) is 0 Å². The van der Waals surface area contributed by atoms with E-state index in [0.29, 0.717) is 25.0 Å². The highest BCUT2D eigenvalue weighted by Gasteiger charge is 2.17. The lowest BCUT2D eigenvalue weighted by Gasteiger charge is -2.11. The van der Waals surface area contributed by atoms with Gasteiger partial charge >= 0.3 is 6.01 Å². The van der Waals surface area contributed by atoms with Gasteiger partial charge in [-0.25, -0.2) is 19.3 Å². The molecule has 0 spiro atoms. The number of nitrogens with zero attached hydrogens (tertiary/aromatic N) is 7. The van der Waals surface area contributed by atoms with Crippen LogP contribution in [0.3, 0.4) is 0 Å². The quantitative estimate of drug-likeness (QED) is 0.489. The molecular weight excluding hydrogens is 361 g/mol. The third-order valence-electron chi connectivity index (χ3n) is 4.33. The van der Waals surface area contributed by atoms with E-state index in [1.165, 1.54) is 6.07 Å². The number of rotatable bonds is 7. The summed E-state index contributed by atoms with van der Waals surface area (Å²) >= 11 is 0. The minimum atomic E-state index is -0.411. The topological polar surface area (TPSA) is 83.0 Å². The Morgan fingerprint density at radius 2 is 2.04 bits per heavy atom. The summed E-state index contributed by atoms with van der Waals surface area (Å²) in [4.78, 5) is 17.5. The Bertz CT molecular complexity index is 1100. The Morgan fingerprint density at radius 3 is 2.82 bits per heavy atom. The number of imidazole rings is 1. The molecule has 0 aliphatic rings. The molecule has 4 heterocycles. The fourth-order valence-corrected chi connectivity index (χ4v) is 3.12. The molecule has 0 radical (unpaired) electrons. The van der Waals surface area contributed by atoms with Gasteiger partial charge in [0.05, 0.1) is 18.8 Å². The van der Waals surface area contributed by atoms with Crippen molar-refractivity contribution < 1.29 is 9.13 Å². The third-order valence-corrected chi connectivity index (χ3v) is 4.33. The zero-order valence-corrected chi connectivity index (χ0v) is 15.7. The highest BCUT2D eigenvalue weighted by molar-refractivity contribution is 5.52. The highest BCUT2D eigenvalue weighted by atomic mass is 19.1. The van der Waals surface area contributed by atoms with Crippen LogP contribution in [0.25, 0.3) is 17.2 Å². The maximum absolute atomic E-state index is 14.2. The number of pyridine rings is 1. The van der Waals surface area contributed by atoms with Crippen LogP contribution in [-0.2, 0) is 13.0 Å². The molecule has 0 aliphatic carbocycles. The van der Waals surface area contributed by atoms with Crippen LogP contribution in [0.5, 0.6) is 6.01 Å². The van der Waals surface area contributed by atoms with E-state index in [-0.39, 0.29) is 5.69 Å². The minimum absolute atomic E-state index is 0.215. The van der Waals surface area contributed by atoms with Crippen molar-refractivity contribution in [2.24, 2.45) is 0 Å². The first-order chi connectivity index (χ1) is 13.7. The van der Waals surface area contributed by atoms with Gasteiger partial charge < -0.3 is 9.30 Å². The minimum Gasteiger partial charge on any atom is -0.463 e. The fraction of sp³-hybridized carbons (Fsp3) is 0.316. The second kappa shape index (κ2) is 7.71. The normalized spacial score (nSPS) is 11.2. The maximum atomic E-state index is 14.2. The number of fused-ring (bicyclic) bond motifs is 1. The maximum Gasteiger partial charge on any atom is 0.336 e. The van der Waals surface area contributed by atoms with E-state index in [1.807, 2.05) is 11.5 Å². The van der Waals surface area contributed by atoms with Crippen LogP contribution in [0.1, 0.15) is 31.5 Å². The van der Waals surface area contributed by atoms with Gasteiger partial charge in [0, 0.05) is 24.2 Å². The largest absolute Gasteiger partial charge is 0.463 e. The number of aryl methyl sites for hydroxylation is 1. The second-order valence-electron chi connectivity index (χ2n) is 6.23. The molecule has 0 saturated carbocycles. The Balaban J connectivity index is 1.75. The van der Waals surface area contributed by atoms with Crippen molar-refractivity contribution in [3.05, 3.63) is 54.1 Å². The molecule has 4 aromatic rings. The van der Waals surface area contributed by atoms with Crippen molar-refractivity contribution in [2.75, 3.05) is 6.61 Å². The molecule has 8 nitrogen and oxygen atoms in total. The van der Waals surface area contributed by atoms with Crippen LogP contribution in [-0.4, -0.2) is 40.7 Å². The van der Waals surface area contributed by atoms with Gasteiger partial charge in [0.2, 0.25) is 0 Å². The van der Waals surface area contributed by atoms with E-state index in [0.717, 1.165) is 29.7 Å². The standard InChI is InChI=1S/C19H20FN7O/c1-3-6-13-15(23-12-27-17(13)24-19(25-27)28-4-2)11-26-10-9-22-18(26)16-14(20)7-5-8-21-16/h5,7-10,12H,3-4,6,11H2,1-2H3. The Hall–Kier alpha value is -3.36. The summed E-state index contributed by atoms with van der Waals surface area (Å²) in [5, 5.41) is 4.30. The zero-order valence-electron chi connectivity index (χ0n) is 15.7. The summed E-state index contributed by atoms with van der Waals surface area (Å²) in [6.45, 7) is 4.90. The first kappa shape index (κ1) is 18.0. The molecule has 0 aliphatic heterocycles. The molecule has 0 saturated heterocycles. The first-order valence-corrected chi connectivity index (χ1v) is 9.19. The van der Waals surface area contributed by atoms with Gasteiger partial charge in [0.25, 0.3) is 0 Å². The number of hydrogen-bond acceptors (Lipinski definition) is 6. The lowest BCUT2D eigenvalue weighted by atomic mass is 10.1. The summed E-state index contributed by atoms with van der Waals surface area (Å²) in [5.41, 5.74) is 2.76. The lowest BCUT2D eigenvalue weighted by molar-refractivity contribution is 0.313. The average molecular weight is 381 g/mol. The van der Waals surface area contributed by atoms with Crippen LogP contribution in [0.4, 0.5) is 4.39 Å². The number of aromatic nitrogens is 7. The summed E-state index contributed by atoms with van der Waals surface area (Å²) in [6.07, 6.45) is 8.31. The summed E-state index contributed by atoms with van der Waals surface area (Å²) < 4.78 is 23.1. The van der Waals surface area contributed by atoms with E-state index in [1.54, 1.807) is 35.5 Å². The van der Waals surface area contributed by atoms with Crippen molar-refractivity contribution in [3.8, 4) is 17.5 Å². The van der Waals surface area contributed by atoms with Gasteiger partial charge in [-0.15, -0.1) is 5.10 Å². The summed E-state index contributed by atoms with van der Waals surface area (Å²) in [5.74, 6) is 0.0460. The zero-order chi connectivity index (χ0) is 19.5. The molecule has 0 N–H and O–H groups in total. The Labute approximate surface area is 161 Å². The third kappa shape index (κ3) is 3.30. The molecule has 9 heteroatoms. The second-order valence-corrected chi connectivity index (χ2v) is 6.23. The molecule has 4 aromatic heterocycles. The molecule has 0 bridgehead atoms. The summed E-state index contributed by atoms with van der Waals surface area (Å²) in [7, 11) is 0. The molecule has 0 atom stereocenters. The SMILES string of the molecule is CCCc1c(Cn2ccnc2-c2ncccc2F)ncn2nc(OCC)nc12. The van der Waals surface area contributed by atoms with E-state index in [2.05, 4.69) is 32.0 Å². The van der Waals surface area contributed by atoms with Gasteiger partial charge in [0.1, 0.15) is 12.0 Å². The van der Waals surface area contributed by atoms with Gasteiger partial charge in [-0.3, -0.25) is 0 Å². The molecule has 0 amide bonds. The molecule has 4 rings (SSSR count). The van der Waals surface area contributed by atoms with Gasteiger partial charge in [-0.1, -0.05) is 13.3 Å². The predicted molar refractivity (Wildman–Crippen MR) is 100 cm³/mol. The van der Waals surface area contributed by atoms with Crippen LogP contribution in [0, 0.1) is 5.82 Å². The summed E-state index contributed by atoms with van der Waals surface area (Å²) in [6, 6.07) is 3.26. The number of halogens is 1. The molecule has 0 unspecified atom stereocenters. The van der Waals surface area contributed by atoms with Crippen LogP contribution in [0.2, 0.25) is 0 Å². The van der Waals surface area contributed by atoms with Crippen molar-refractivity contribution >= 4 is 5.65 Å². The monoisotopic (exact) mass is 381 g/mol. The fourth-order valence-electron chi connectivity index (χ4n) is 3.12. The smallest absolute Gasteiger partial charge is 0.336 e. The van der Waals surface area contributed by atoms with E-state index in [4.69, 9.17) is 4.74 Å². The predicted octanol–water partition coefficient (Wildman–Crippen LogP) is 2.92. The first-order valence-electron chi connectivity index (χ1n) is 9.19. The van der Waals surface area contributed by atoms with Gasteiger partial charge in [-0.2, -0.15) is 9.50 Å². The van der Waals surface area contributed by atoms with Crippen LogP contribution < -0.4 is 4.74 Å². The van der Waals surface area contributed by atoms with Crippen molar-refractivity contribution in [3.63, 3.8) is 0 Å². The Kier molecular flexibility index (Phi) is 4.96. The molecular formula is C19H20FN7O. The van der Waals surface area contributed by atoms with Crippen LogP contribution >= 0.6 is 0 Å². The average Bonchev–Trinajstić information content (AvgIpc) is 3.31. The van der Waals surface area contributed by atoms with Crippen LogP contribution in [0.15, 0.2) is 37.1 Å².